The van der Waals surface area contributed by atoms with Crippen LogP contribution in [0.15, 0.2) is 18.2 Å². The van der Waals surface area contributed by atoms with Crippen LogP contribution < -0.4 is 5.32 Å². The van der Waals surface area contributed by atoms with Crippen LogP contribution in [-0.4, -0.2) is 29.8 Å². The van der Waals surface area contributed by atoms with Gasteiger partial charge in [-0.2, -0.15) is 0 Å². The number of hydrogen-bond acceptors (Lipinski definition) is 2. The Morgan fingerprint density at radius 1 is 1.00 bits per heavy atom. The number of piperidine rings is 1. The van der Waals surface area contributed by atoms with E-state index in [9.17, 15) is 9.59 Å². The van der Waals surface area contributed by atoms with Crippen LogP contribution >= 0.6 is 0 Å². The van der Waals surface area contributed by atoms with E-state index in [-0.39, 0.29) is 17.7 Å². The number of nitrogens with zero attached hydrogens (tertiary/aromatic N) is 1. The van der Waals surface area contributed by atoms with Crippen molar-refractivity contribution < 1.29 is 9.59 Å². The van der Waals surface area contributed by atoms with Gasteiger partial charge in [0.25, 0.3) is 0 Å². The number of nitrogens with one attached hydrogen (secondary N) is 1. The molecule has 2 fully saturated rings. The van der Waals surface area contributed by atoms with Crippen LogP contribution in [0.2, 0.25) is 0 Å². The Hall–Kier alpha value is -1.84. The molecule has 1 unspecified atom stereocenters. The van der Waals surface area contributed by atoms with Gasteiger partial charge in [-0.05, 0) is 81.5 Å². The number of amides is 2. The molecule has 4 heteroatoms. The molecule has 0 bridgehead atoms. The number of hydrogen-bond donors (Lipinski definition) is 1. The van der Waals surface area contributed by atoms with Crippen molar-refractivity contribution in [2.24, 2.45) is 17.8 Å². The Balaban J connectivity index is 1.50. The summed E-state index contributed by atoms with van der Waals surface area (Å²) in [7, 11) is 0. The summed E-state index contributed by atoms with van der Waals surface area (Å²) in [5, 5.41) is 3.06. The molecule has 1 saturated heterocycles. The van der Waals surface area contributed by atoms with Crippen molar-refractivity contribution in [3.05, 3.63) is 29.3 Å². The van der Waals surface area contributed by atoms with Gasteiger partial charge in [-0.25, -0.2) is 0 Å². The molecule has 2 aliphatic rings. The summed E-state index contributed by atoms with van der Waals surface area (Å²) in [4.78, 5) is 27.4. The Morgan fingerprint density at radius 2 is 1.69 bits per heavy atom. The van der Waals surface area contributed by atoms with E-state index in [4.69, 9.17) is 0 Å². The van der Waals surface area contributed by atoms with Crippen molar-refractivity contribution in [1.29, 1.82) is 0 Å². The Bertz CT molecular complexity index is 662. The van der Waals surface area contributed by atoms with Gasteiger partial charge in [-0.15, -0.1) is 0 Å². The molecule has 0 radical (unpaired) electrons. The lowest BCUT2D eigenvalue weighted by Gasteiger charge is -2.35. The van der Waals surface area contributed by atoms with Gasteiger partial charge in [0.2, 0.25) is 11.8 Å². The molecular weight excluding hydrogens is 324 g/mol. The van der Waals surface area contributed by atoms with E-state index in [0.29, 0.717) is 11.8 Å². The number of carbonyl (C=O) groups excluding carboxylic acids is 2. The molecule has 1 aliphatic heterocycles. The first-order valence-corrected chi connectivity index (χ1v) is 10.1. The van der Waals surface area contributed by atoms with Gasteiger partial charge in [-0.1, -0.05) is 13.0 Å². The topological polar surface area (TPSA) is 49.4 Å². The molecule has 1 aromatic carbocycles. The van der Waals surface area contributed by atoms with Crippen LogP contribution in [0.1, 0.15) is 56.6 Å². The van der Waals surface area contributed by atoms with Gasteiger partial charge in [0, 0.05) is 30.6 Å². The third-order valence-electron chi connectivity index (χ3n) is 6.19. The summed E-state index contributed by atoms with van der Waals surface area (Å²) in [5.74, 6) is 1.19. The molecule has 1 heterocycles. The number of benzene rings is 1. The molecule has 26 heavy (non-hydrogen) atoms. The van der Waals surface area contributed by atoms with Crippen LogP contribution in [0, 0.1) is 31.6 Å². The van der Waals surface area contributed by atoms with E-state index in [1.54, 1.807) is 0 Å². The molecule has 1 saturated carbocycles. The minimum absolute atomic E-state index is 0.0286. The van der Waals surface area contributed by atoms with E-state index in [0.717, 1.165) is 50.9 Å². The molecular formula is C22H32N2O2. The van der Waals surface area contributed by atoms with Gasteiger partial charge in [-0.3, -0.25) is 9.59 Å². The molecule has 1 aliphatic carbocycles. The highest BCUT2D eigenvalue weighted by molar-refractivity contribution is 5.93. The first-order valence-electron chi connectivity index (χ1n) is 10.1. The third-order valence-corrected chi connectivity index (χ3v) is 6.19. The van der Waals surface area contributed by atoms with E-state index >= 15 is 0 Å². The summed E-state index contributed by atoms with van der Waals surface area (Å²) in [6, 6.07) is 6.03. The van der Waals surface area contributed by atoms with E-state index in [1.807, 2.05) is 18.2 Å². The van der Waals surface area contributed by atoms with E-state index in [2.05, 4.69) is 31.0 Å². The molecule has 1 atom stereocenters. The summed E-state index contributed by atoms with van der Waals surface area (Å²) < 4.78 is 0. The quantitative estimate of drug-likeness (QED) is 0.877. The Morgan fingerprint density at radius 3 is 2.35 bits per heavy atom. The predicted octanol–water partition coefficient (Wildman–Crippen LogP) is 4.31. The minimum atomic E-state index is 0.0286. The summed E-state index contributed by atoms with van der Waals surface area (Å²) in [6.07, 6.45) is 5.67. The summed E-state index contributed by atoms with van der Waals surface area (Å²) in [6.45, 7) is 8.18. The lowest BCUT2D eigenvalue weighted by atomic mass is 9.80. The van der Waals surface area contributed by atoms with Gasteiger partial charge in [0.05, 0.1) is 0 Å². The third kappa shape index (κ3) is 4.46. The second kappa shape index (κ2) is 8.24. The average molecular weight is 357 g/mol. The van der Waals surface area contributed by atoms with Crippen LogP contribution in [0.4, 0.5) is 5.69 Å². The fraction of sp³-hybridized carbons (Fsp3) is 0.636. The molecule has 0 spiro atoms. The molecule has 1 aromatic rings. The number of likely N-dealkylation sites (tertiary alicyclic amines) is 1. The lowest BCUT2D eigenvalue weighted by molar-refractivity contribution is -0.139. The normalized spacial score (nSPS) is 26.4. The molecule has 4 nitrogen and oxygen atoms in total. The maximum Gasteiger partial charge on any atom is 0.227 e. The number of carbonyl (C=O) groups is 2. The van der Waals surface area contributed by atoms with Crippen LogP contribution in [0.3, 0.4) is 0 Å². The van der Waals surface area contributed by atoms with Gasteiger partial charge >= 0.3 is 0 Å². The van der Waals surface area contributed by atoms with Crippen molar-refractivity contribution in [3.63, 3.8) is 0 Å². The first-order chi connectivity index (χ1) is 12.4. The second-order valence-electron chi connectivity index (χ2n) is 8.37. The fourth-order valence-electron chi connectivity index (χ4n) is 4.31. The Labute approximate surface area is 157 Å². The molecule has 2 amide bonds. The van der Waals surface area contributed by atoms with Gasteiger partial charge in [0.1, 0.15) is 0 Å². The zero-order valence-electron chi connectivity index (χ0n) is 16.4. The number of anilines is 1. The molecule has 142 valence electrons. The second-order valence-corrected chi connectivity index (χ2v) is 8.37. The maximum absolute atomic E-state index is 12.8. The zero-order valence-corrected chi connectivity index (χ0v) is 16.4. The molecule has 1 N–H and O–H groups in total. The van der Waals surface area contributed by atoms with Gasteiger partial charge in [0.15, 0.2) is 0 Å². The van der Waals surface area contributed by atoms with Crippen molar-refractivity contribution in [2.75, 3.05) is 18.4 Å². The smallest absolute Gasteiger partial charge is 0.227 e. The average Bonchev–Trinajstić information content (AvgIpc) is 2.64. The van der Waals surface area contributed by atoms with E-state index < -0.39 is 0 Å². The molecule has 3 rings (SSSR count). The zero-order chi connectivity index (χ0) is 18.7. The van der Waals surface area contributed by atoms with Gasteiger partial charge < -0.3 is 10.2 Å². The standard InChI is InChI=1S/C22H32N2O2/c1-15-5-4-12-24(14-15)22(26)19-9-7-18(8-10-19)21(25)23-20-11-6-16(2)17(3)13-20/h6,11,13,15,18-19H,4-5,7-10,12,14H2,1-3H3,(H,23,25). The van der Waals surface area contributed by atoms with Crippen molar-refractivity contribution in [2.45, 2.75) is 59.3 Å². The highest BCUT2D eigenvalue weighted by atomic mass is 16.2. The predicted molar refractivity (Wildman–Crippen MR) is 105 cm³/mol. The van der Waals surface area contributed by atoms with Crippen molar-refractivity contribution >= 4 is 17.5 Å². The van der Waals surface area contributed by atoms with Crippen LogP contribution in [0.25, 0.3) is 0 Å². The SMILES string of the molecule is Cc1ccc(NC(=O)C2CCC(C(=O)N3CCCC(C)C3)CC2)cc1C. The highest BCUT2D eigenvalue weighted by Gasteiger charge is 2.33. The van der Waals surface area contributed by atoms with Crippen LogP contribution in [-0.2, 0) is 9.59 Å². The monoisotopic (exact) mass is 356 g/mol. The fourth-order valence-corrected chi connectivity index (χ4v) is 4.31. The highest BCUT2D eigenvalue weighted by Crippen LogP contribution is 2.32. The molecule has 0 aromatic heterocycles. The largest absolute Gasteiger partial charge is 0.342 e. The Kier molecular flexibility index (Phi) is 6.00. The maximum atomic E-state index is 12.8. The minimum Gasteiger partial charge on any atom is -0.342 e. The van der Waals surface area contributed by atoms with Crippen molar-refractivity contribution in [1.82, 2.24) is 4.90 Å². The van der Waals surface area contributed by atoms with Crippen molar-refractivity contribution in [3.8, 4) is 0 Å². The number of rotatable bonds is 3. The summed E-state index contributed by atoms with van der Waals surface area (Å²) in [5.41, 5.74) is 3.29. The van der Waals surface area contributed by atoms with E-state index in [1.165, 1.54) is 17.5 Å². The van der Waals surface area contributed by atoms with Crippen LogP contribution in [0.5, 0.6) is 0 Å². The summed E-state index contributed by atoms with van der Waals surface area (Å²) >= 11 is 0. The lowest BCUT2D eigenvalue weighted by Crippen LogP contribution is -2.43. The first kappa shape index (κ1) is 18.9. The number of aryl methyl sites for hydroxylation is 2.